The molecule has 4 heteroatoms. The van der Waals surface area contributed by atoms with Gasteiger partial charge in [0.1, 0.15) is 4.32 Å². The third-order valence-electron chi connectivity index (χ3n) is 1.49. The van der Waals surface area contributed by atoms with Crippen LogP contribution >= 0.6 is 33.8 Å². The highest BCUT2D eigenvalue weighted by molar-refractivity contribution is 8.83. The first-order valence-electron chi connectivity index (χ1n) is 4.84. The van der Waals surface area contributed by atoms with Crippen LogP contribution in [-0.4, -0.2) is 28.1 Å². The summed E-state index contributed by atoms with van der Waals surface area (Å²) in [5, 5.41) is 0. The van der Waals surface area contributed by atoms with Gasteiger partial charge in [0.05, 0.1) is 0 Å². The van der Waals surface area contributed by atoms with E-state index in [0.29, 0.717) is 0 Å². The molecule has 0 aliphatic heterocycles. The van der Waals surface area contributed by atoms with Gasteiger partial charge in [0.15, 0.2) is 0 Å². The molecule has 0 aromatic rings. The molecule has 0 aromatic carbocycles. The Bertz CT molecular complexity index is 133. The SMILES string of the molecule is CCCN(CCC)C(=S)SSCC. The van der Waals surface area contributed by atoms with Gasteiger partial charge in [0, 0.05) is 18.8 Å². The third-order valence-corrected chi connectivity index (χ3v) is 4.61. The zero-order valence-corrected chi connectivity index (χ0v) is 11.2. The van der Waals surface area contributed by atoms with Crippen LogP contribution in [0.1, 0.15) is 33.6 Å². The summed E-state index contributed by atoms with van der Waals surface area (Å²) in [5.74, 6) is 1.12. The summed E-state index contributed by atoms with van der Waals surface area (Å²) in [7, 11) is 3.57. The maximum absolute atomic E-state index is 5.34. The Morgan fingerprint density at radius 1 is 1.15 bits per heavy atom. The molecule has 0 N–H and O–H groups in total. The first kappa shape index (κ1) is 13.6. The van der Waals surface area contributed by atoms with Gasteiger partial charge in [-0.05, 0) is 23.6 Å². The van der Waals surface area contributed by atoms with E-state index in [1.54, 1.807) is 10.8 Å². The van der Waals surface area contributed by atoms with Crippen molar-refractivity contribution in [2.24, 2.45) is 0 Å². The van der Waals surface area contributed by atoms with Crippen LogP contribution in [0.4, 0.5) is 0 Å². The smallest absolute Gasteiger partial charge is 0.147 e. The van der Waals surface area contributed by atoms with Crippen molar-refractivity contribution >= 4 is 38.1 Å². The predicted molar refractivity (Wildman–Crippen MR) is 70.5 cm³/mol. The molecule has 0 fully saturated rings. The highest BCUT2D eigenvalue weighted by Gasteiger charge is 2.07. The fourth-order valence-electron chi connectivity index (χ4n) is 0.996. The molecule has 1 nitrogen and oxygen atoms in total. The van der Waals surface area contributed by atoms with Gasteiger partial charge in [-0.3, -0.25) is 0 Å². The summed E-state index contributed by atoms with van der Waals surface area (Å²) in [4.78, 5) is 2.31. The lowest BCUT2D eigenvalue weighted by Gasteiger charge is -2.22. The Morgan fingerprint density at radius 2 is 1.69 bits per heavy atom. The largest absolute Gasteiger partial charge is 0.357 e. The molecule has 0 heterocycles. The summed E-state index contributed by atoms with van der Waals surface area (Å²) in [6.45, 7) is 8.75. The molecule has 13 heavy (non-hydrogen) atoms. The molecule has 0 saturated carbocycles. The normalized spacial score (nSPS) is 10.1. The zero-order valence-electron chi connectivity index (χ0n) is 8.71. The summed E-state index contributed by atoms with van der Waals surface area (Å²) in [6.07, 6.45) is 2.36. The molecule has 0 spiro atoms. The van der Waals surface area contributed by atoms with Crippen LogP contribution in [0.15, 0.2) is 0 Å². The summed E-state index contributed by atoms with van der Waals surface area (Å²) >= 11 is 5.34. The minimum absolute atomic E-state index is 1.05. The van der Waals surface area contributed by atoms with E-state index in [0.717, 1.165) is 23.2 Å². The van der Waals surface area contributed by atoms with Gasteiger partial charge < -0.3 is 4.90 Å². The molecule has 0 bridgehead atoms. The van der Waals surface area contributed by atoms with Gasteiger partial charge >= 0.3 is 0 Å². The number of nitrogens with zero attached hydrogens (tertiary/aromatic N) is 1. The molecular weight excluding hydrogens is 218 g/mol. The van der Waals surface area contributed by atoms with Crippen molar-refractivity contribution in [3.05, 3.63) is 0 Å². The van der Waals surface area contributed by atoms with Crippen molar-refractivity contribution < 1.29 is 0 Å². The average molecular weight is 237 g/mol. The van der Waals surface area contributed by atoms with Crippen LogP contribution in [-0.2, 0) is 0 Å². The number of hydrogen-bond acceptors (Lipinski definition) is 3. The maximum Gasteiger partial charge on any atom is 0.147 e. The highest BCUT2D eigenvalue weighted by atomic mass is 33.1. The molecule has 0 aromatic heterocycles. The minimum Gasteiger partial charge on any atom is -0.357 e. The fourth-order valence-corrected chi connectivity index (χ4v) is 3.09. The Labute approximate surface area is 95.4 Å². The lowest BCUT2D eigenvalue weighted by atomic mass is 10.4. The lowest BCUT2D eigenvalue weighted by molar-refractivity contribution is 0.431. The van der Waals surface area contributed by atoms with E-state index in [9.17, 15) is 0 Å². The van der Waals surface area contributed by atoms with Crippen LogP contribution in [0.2, 0.25) is 0 Å². The second-order valence-corrected chi connectivity index (χ2v) is 5.96. The predicted octanol–water partition coefficient (Wildman–Crippen LogP) is 3.79. The maximum atomic E-state index is 5.34. The van der Waals surface area contributed by atoms with Gasteiger partial charge in [-0.25, -0.2) is 0 Å². The molecule has 0 aliphatic rings. The third kappa shape index (κ3) is 6.63. The summed E-state index contributed by atoms with van der Waals surface area (Å²) in [5.41, 5.74) is 0. The van der Waals surface area contributed by atoms with E-state index in [1.807, 2.05) is 10.8 Å². The standard InChI is InChI=1S/C9H19NS3/c1-4-7-10(8-5-2)9(11)13-12-6-3/h4-8H2,1-3H3. The number of thiocarbonyl (C=S) groups is 1. The van der Waals surface area contributed by atoms with E-state index in [2.05, 4.69) is 25.7 Å². The first-order valence-corrected chi connectivity index (χ1v) is 7.57. The van der Waals surface area contributed by atoms with Crippen molar-refractivity contribution in [1.29, 1.82) is 0 Å². The Hall–Kier alpha value is 0.590. The fraction of sp³-hybridized carbons (Fsp3) is 0.889. The minimum atomic E-state index is 1.05. The van der Waals surface area contributed by atoms with Gasteiger partial charge in [0.2, 0.25) is 0 Å². The molecule has 0 amide bonds. The van der Waals surface area contributed by atoms with Crippen molar-refractivity contribution in [2.75, 3.05) is 18.8 Å². The molecule has 78 valence electrons. The van der Waals surface area contributed by atoms with E-state index in [4.69, 9.17) is 12.2 Å². The van der Waals surface area contributed by atoms with Gasteiger partial charge in [-0.2, -0.15) is 0 Å². The molecular formula is C9H19NS3. The molecule has 0 atom stereocenters. The van der Waals surface area contributed by atoms with Gasteiger partial charge in [-0.1, -0.05) is 43.8 Å². The molecule has 0 unspecified atom stereocenters. The highest BCUT2D eigenvalue weighted by Crippen LogP contribution is 2.24. The van der Waals surface area contributed by atoms with E-state index < -0.39 is 0 Å². The quantitative estimate of drug-likeness (QED) is 0.510. The van der Waals surface area contributed by atoms with Crippen molar-refractivity contribution in [2.45, 2.75) is 33.6 Å². The van der Waals surface area contributed by atoms with Crippen LogP contribution < -0.4 is 0 Å². The van der Waals surface area contributed by atoms with Crippen molar-refractivity contribution in [3.63, 3.8) is 0 Å². The van der Waals surface area contributed by atoms with Gasteiger partial charge in [-0.15, -0.1) is 0 Å². The Balaban J connectivity index is 3.80. The molecule has 0 rings (SSSR count). The van der Waals surface area contributed by atoms with Crippen LogP contribution in [0.3, 0.4) is 0 Å². The van der Waals surface area contributed by atoms with E-state index >= 15 is 0 Å². The Kier molecular flexibility index (Phi) is 9.57. The topological polar surface area (TPSA) is 3.24 Å². The van der Waals surface area contributed by atoms with E-state index in [1.165, 1.54) is 12.8 Å². The first-order chi connectivity index (χ1) is 6.26. The molecule has 0 aliphatic carbocycles. The van der Waals surface area contributed by atoms with Crippen LogP contribution in [0, 0.1) is 0 Å². The second kappa shape index (κ2) is 9.16. The van der Waals surface area contributed by atoms with Crippen LogP contribution in [0.5, 0.6) is 0 Å². The summed E-state index contributed by atoms with van der Waals surface area (Å²) < 4.78 is 1.05. The molecule has 0 saturated heterocycles. The van der Waals surface area contributed by atoms with Crippen molar-refractivity contribution in [1.82, 2.24) is 4.90 Å². The summed E-state index contributed by atoms with van der Waals surface area (Å²) in [6, 6.07) is 0. The van der Waals surface area contributed by atoms with E-state index in [-0.39, 0.29) is 0 Å². The number of rotatable bonds is 6. The number of hydrogen-bond donors (Lipinski definition) is 0. The Morgan fingerprint density at radius 3 is 2.08 bits per heavy atom. The lowest BCUT2D eigenvalue weighted by Crippen LogP contribution is -2.28. The van der Waals surface area contributed by atoms with Crippen molar-refractivity contribution in [3.8, 4) is 0 Å². The molecule has 0 radical (unpaired) electrons. The average Bonchev–Trinajstić information content (AvgIpc) is 2.14. The monoisotopic (exact) mass is 237 g/mol. The van der Waals surface area contributed by atoms with Gasteiger partial charge in [0.25, 0.3) is 0 Å². The van der Waals surface area contributed by atoms with Crippen LogP contribution in [0.25, 0.3) is 0 Å². The zero-order chi connectivity index (χ0) is 10.1. The second-order valence-electron chi connectivity index (χ2n) is 2.74.